The van der Waals surface area contributed by atoms with Crippen molar-refractivity contribution in [1.82, 2.24) is 4.90 Å². The molecular formula is C18H20N2O2. The average Bonchev–Trinajstić information content (AvgIpc) is 2.46. The number of aryl methyl sites for hydroxylation is 1. The Bertz CT molecular complexity index is 881. The first kappa shape index (κ1) is 14.6. The maximum Gasteiger partial charge on any atom is 0.202 e. The molecule has 1 aromatic heterocycles. The third-order valence-corrected chi connectivity index (χ3v) is 3.73. The summed E-state index contributed by atoms with van der Waals surface area (Å²) in [6, 6.07) is 11.4. The quantitative estimate of drug-likeness (QED) is 0.751. The Kier molecular flexibility index (Phi) is 3.86. The molecule has 3 rings (SSSR count). The van der Waals surface area contributed by atoms with Crippen LogP contribution in [0.5, 0.6) is 0 Å². The molecule has 0 aliphatic rings. The van der Waals surface area contributed by atoms with Crippen LogP contribution in [0.4, 0.5) is 5.69 Å². The summed E-state index contributed by atoms with van der Waals surface area (Å²) in [6.07, 6.45) is 0. The number of benzene rings is 2. The number of fused-ring (bicyclic) bond motifs is 2. The van der Waals surface area contributed by atoms with Crippen LogP contribution in [0.3, 0.4) is 0 Å². The van der Waals surface area contributed by atoms with E-state index in [2.05, 4.69) is 10.2 Å². The van der Waals surface area contributed by atoms with Crippen molar-refractivity contribution in [1.29, 1.82) is 0 Å². The normalized spacial score (nSPS) is 11.5. The standard InChI is InChI=1S/C18H20N2O2/c1-12-7-8-13-16(11-12)22-15-6-4-5-14(17(15)18(13)21)19-9-10-20(2)3/h4-8,11,19H,9-10H2,1-3H3. The second-order valence-electron chi connectivity index (χ2n) is 5.84. The van der Waals surface area contributed by atoms with Gasteiger partial charge < -0.3 is 14.6 Å². The van der Waals surface area contributed by atoms with Gasteiger partial charge in [-0.15, -0.1) is 0 Å². The lowest BCUT2D eigenvalue weighted by Gasteiger charge is -2.13. The van der Waals surface area contributed by atoms with Crippen molar-refractivity contribution in [2.24, 2.45) is 0 Å². The second-order valence-corrected chi connectivity index (χ2v) is 5.84. The van der Waals surface area contributed by atoms with Gasteiger partial charge in [0, 0.05) is 18.8 Å². The fourth-order valence-corrected chi connectivity index (χ4v) is 2.57. The predicted molar refractivity (Wildman–Crippen MR) is 91.8 cm³/mol. The van der Waals surface area contributed by atoms with Crippen LogP contribution >= 0.6 is 0 Å². The second kappa shape index (κ2) is 5.81. The highest BCUT2D eigenvalue weighted by atomic mass is 16.3. The summed E-state index contributed by atoms with van der Waals surface area (Å²) in [5.41, 5.74) is 3.19. The van der Waals surface area contributed by atoms with E-state index in [0.717, 1.165) is 24.3 Å². The van der Waals surface area contributed by atoms with Gasteiger partial charge in [-0.05, 0) is 50.8 Å². The zero-order valence-corrected chi connectivity index (χ0v) is 13.1. The zero-order chi connectivity index (χ0) is 15.7. The highest BCUT2D eigenvalue weighted by molar-refractivity contribution is 5.97. The number of likely N-dealkylation sites (N-methyl/N-ethyl adjacent to an activating group) is 1. The lowest BCUT2D eigenvalue weighted by molar-refractivity contribution is 0.425. The lowest BCUT2D eigenvalue weighted by Crippen LogP contribution is -2.21. The molecule has 1 N–H and O–H groups in total. The Balaban J connectivity index is 2.15. The summed E-state index contributed by atoms with van der Waals surface area (Å²) >= 11 is 0. The van der Waals surface area contributed by atoms with Gasteiger partial charge in [0.2, 0.25) is 5.43 Å². The van der Waals surface area contributed by atoms with Crippen molar-refractivity contribution < 1.29 is 4.42 Å². The minimum atomic E-state index is 0.0178. The summed E-state index contributed by atoms with van der Waals surface area (Å²) in [5.74, 6) is 0. The molecule has 4 nitrogen and oxygen atoms in total. The summed E-state index contributed by atoms with van der Waals surface area (Å²) in [4.78, 5) is 14.9. The van der Waals surface area contributed by atoms with E-state index in [0.29, 0.717) is 21.9 Å². The maximum atomic E-state index is 12.8. The third kappa shape index (κ3) is 2.70. The molecule has 0 spiro atoms. The molecule has 0 fully saturated rings. The third-order valence-electron chi connectivity index (χ3n) is 3.73. The molecule has 1 heterocycles. The Morgan fingerprint density at radius 3 is 2.73 bits per heavy atom. The number of rotatable bonds is 4. The minimum Gasteiger partial charge on any atom is -0.456 e. The van der Waals surface area contributed by atoms with Gasteiger partial charge in [-0.25, -0.2) is 0 Å². The molecule has 22 heavy (non-hydrogen) atoms. The van der Waals surface area contributed by atoms with Gasteiger partial charge >= 0.3 is 0 Å². The minimum absolute atomic E-state index is 0.0178. The average molecular weight is 296 g/mol. The molecule has 0 unspecified atom stereocenters. The SMILES string of the molecule is Cc1ccc2c(=O)c3c(NCCN(C)C)cccc3oc2c1. The van der Waals surface area contributed by atoms with Crippen LogP contribution in [-0.4, -0.2) is 32.1 Å². The van der Waals surface area contributed by atoms with E-state index in [1.165, 1.54) is 0 Å². The van der Waals surface area contributed by atoms with Crippen LogP contribution in [0.25, 0.3) is 21.9 Å². The summed E-state index contributed by atoms with van der Waals surface area (Å²) in [7, 11) is 4.05. The van der Waals surface area contributed by atoms with Crippen molar-refractivity contribution in [2.75, 3.05) is 32.5 Å². The topological polar surface area (TPSA) is 45.5 Å². The highest BCUT2D eigenvalue weighted by Gasteiger charge is 2.11. The van der Waals surface area contributed by atoms with E-state index in [-0.39, 0.29) is 5.43 Å². The summed E-state index contributed by atoms with van der Waals surface area (Å²) in [5, 5.41) is 4.58. The maximum absolute atomic E-state index is 12.8. The van der Waals surface area contributed by atoms with Crippen LogP contribution in [0.1, 0.15) is 5.56 Å². The van der Waals surface area contributed by atoms with Gasteiger partial charge in [0.05, 0.1) is 10.8 Å². The van der Waals surface area contributed by atoms with Crippen LogP contribution in [-0.2, 0) is 0 Å². The number of hydrogen-bond donors (Lipinski definition) is 1. The first-order valence-corrected chi connectivity index (χ1v) is 7.41. The highest BCUT2D eigenvalue weighted by Crippen LogP contribution is 2.24. The van der Waals surface area contributed by atoms with E-state index in [4.69, 9.17) is 4.42 Å². The fraction of sp³-hybridized carbons (Fsp3) is 0.278. The van der Waals surface area contributed by atoms with E-state index in [1.807, 2.05) is 57.4 Å². The molecule has 0 radical (unpaired) electrons. The fourth-order valence-electron chi connectivity index (χ4n) is 2.57. The van der Waals surface area contributed by atoms with Crippen LogP contribution < -0.4 is 10.7 Å². The van der Waals surface area contributed by atoms with Crippen molar-refractivity contribution >= 4 is 27.6 Å². The first-order chi connectivity index (χ1) is 10.6. The van der Waals surface area contributed by atoms with Gasteiger partial charge in [0.15, 0.2) is 0 Å². The van der Waals surface area contributed by atoms with Crippen molar-refractivity contribution in [3.05, 3.63) is 52.2 Å². The Morgan fingerprint density at radius 1 is 1.14 bits per heavy atom. The molecule has 2 aromatic carbocycles. The molecule has 4 heteroatoms. The van der Waals surface area contributed by atoms with Gasteiger partial charge in [-0.2, -0.15) is 0 Å². The monoisotopic (exact) mass is 296 g/mol. The summed E-state index contributed by atoms with van der Waals surface area (Å²) < 4.78 is 5.93. The van der Waals surface area contributed by atoms with Crippen LogP contribution in [0.2, 0.25) is 0 Å². The van der Waals surface area contributed by atoms with Gasteiger partial charge in [0.25, 0.3) is 0 Å². The van der Waals surface area contributed by atoms with Crippen molar-refractivity contribution in [2.45, 2.75) is 6.92 Å². The molecule has 0 amide bonds. The molecule has 0 saturated heterocycles. The Morgan fingerprint density at radius 2 is 1.95 bits per heavy atom. The zero-order valence-electron chi connectivity index (χ0n) is 13.1. The molecule has 0 atom stereocenters. The number of nitrogens with one attached hydrogen (secondary N) is 1. The van der Waals surface area contributed by atoms with Crippen molar-refractivity contribution in [3.8, 4) is 0 Å². The largest absolute Gasteiger partial charge is 0.456 e. The van der Waals surface area contributed by atoms with E-state index < -0.39 is 0 Å². The Hall–Kier alpha value is -2.33. The molecule has 0 aliphatic heterocycles. The van der Waals surface area contributed by atoms with Crippen molar-refractivity contribution in [3.63, 3.8) is 0 Å². The molecule has 0 bridgehead atoms. The van der Waals surface area contributed by atoms with E-state index in [1.54, 1.807) is 0 Å². The Labute approximate surface area is 129 Å². The number of nitrogens with zero attached hydrogens (tertiary/aromatic N) is 1. The van der Waals surface area contributed by atoms with Crippen LogP contribution in [0.15, 0.2) is 45.6 Å². The lowest BCUT2D eigenvalue weighted by atomic mass is 10.1. The summed E-state index contributed by atoms with van der Waals surface area (Å²) in [6.45, 7) is 3.66. The molecule has 0 saturated carbocycles. The molecule has 0 aliphatic carbocycles. The van der Waals surface area contributed by atoms with E-state index >= 15 is 0 Å². The first-order valence-electron chi connectivity index (χ1n) is 7.41. The smallest absolute Gasteiger partial charge is 0.202 e. The van der Waals surface area contributed by atoms with E-state index in [9.17, 15) is 4.79 Å². The predicted octanol–water partition coefficient (Wildman–Crippen LogP) is 3.23. The van der Waals surface area contributed by atoms with Gasteiger partial charge in [-0.1, -0.05) is 12.1 Å². The molecule has 3 aromatic rings. The van der Waals surface area contributed by atoms with Gasteiger partial charge in [0.1, 0.15) is 11.2 Å². The van der Waals surface area contributed by atoms with Gasteiger partial charge in [-0.3, -0.25) is 4.79 Å². The molecular weight excluding hydrogens is 276 g/mol. The number of hydrogen-bond acceptors (Lipinski definition) is 4. The molecule has 114 valence electrons. The van der Waals surface area contributed by atoms with Crippen LogP contribution in [0, 0.1) is 6.92 Å². The number of anilines is 1.